The van der Waals surface area contributed by atoms with Crippen molar-refractivity contribution in [2.45, 2.75) is 32.2 Å². The quantitative estimate of drug-likeness (QED) is 0.605. The van der Waals surface area contributed by atoms with Gasteiger partial charge in [-0.15, -0.1) is 0 Å². The molecule has 7 nitrogen and oxygen atoms in total. The summed E-state index contributed by atoms with van der Waals surface area (Å²) in [6, 6.07) is 2.49. The van der Waals surface area contributed by atoms with Gasteiger partial charge in [-0.25, -0.2) is 0 Å². The highest BCUT2D eigenvalue weighted by molar-refractivity contribution is 5.74. The molecule has 1 heterocycles. The normalized spacial score (nSPS) is 20.2. The number of likely N-dealkylation sites (N-methyl/N-ethyl adjacent to an activating group) is 1. The molecule has 0 amide bonds. The highest BCUT2D eigenvalue weighted by Crippen LogP contribution is 2.50. The number of benzene rings is 1. The van der Waals surface area contributed by atoms with Gasteiger partial charge in [0, 0.05) is 24.6 Å². The number of nitro benzene ring substituents is 2. The molecule has 1 aromatic carbocycles. The zero-order chi connectivity index (χ0) is 14.5. The molecule has 0 bridgehead atoms. The third kappa shape index (κ3) is 1.73. The Labute approximate surface area is 110 Å². The van der Waals surface area contributed by atoms with Crippen molar-refractivity contribution in [3.63, 3.8) is 0 Å². The van der Waals surface area contributed by atoms with Crippen LogP contribution in [0.1, 0.15) is 26.3 Å². The molecule has 2 rings (SSSR count). The summed E-state index contributed by atoms with van der Waals surface area (Å²) in [4.78, 5) is 22.8. The van der Waals surface area contributed by atoms with Gasteiger partial charge >= 0.3 is 0 Å². The van der Waals surface area contributed by atoms with E-state index in [4.69, 9.17) is 0 Å². The van der Waals surface area contributed by atoms with E-state index in [0.717, 1.165) is 6.07 Å². The van der Waals surface area contributed by atoms with Crippen molar-refractivity contribution in [3.8, 4) is 0 Å². The predicted molar refractivity (Wildman–Crippen MR) is 70.6 cm³/mol. The standard InChI is InChI=1S/C12H15N3O4/c1-7-12(2,3)11-9(13(7)4)5-8(14(16)17)6-10(11)15(18)19/h5-7H,1-4H3. The fraction of sp³-hybridized carbons (Fsp3) is 0.500. The monoisotopic (exact) mass is 265 g/mol. The maximum Gasteiger partial charge on any atom is 0.282 e. The van der Waals surface area contributed by atoms with Crippen LogP contribution in [0, 0.1) is 20.2 Å². The Morgan fingerprint density at radius 3 is 2.26 bits per heavy atom. The Hall–Kier alpha value is -2.18. The van der Waals surface area contributed by atoms with Gasteiger partial charge in [-0.1, -0.05) is 13.8 Å². The van der Waals surface area contributed by atoms with E-state index in [1.807, 2.05) is 25.7 Å². The highest BCUT2D eigenvalue weighted by atomic mass is 16.6. The maximum absolute atomic E-state index is 11.2. The van der Waals surface area contributed by atoms with Gasteiger partial charge in [-0.2, -0.15) is 0 Å². The van der Waals surface area contributed by atoms with E-state index < -0.39 is 15.3 Å². The van der Waals surface area contributed by atoms with Gasteiger partial charge in [0.15, 0.2) is 0 Å². The van der Waals surface area contributed by atoms with Crippen LogP contribution in [0.25, 0.3) is 0 Å². The van der Waals surface area contributed by atoms with E-state index in [9.17, 15) is 20.2 Å². The molecule has 1 unspecified atom stereocenters. The minimum Gasteiger partial charge on any atom is -0.370 e. The molecular formula is C12H15N3O4. The molecule has 1 atom stereocenters. The zero-order valence-electron chi connectivity index (χ0n) is 11.2. The SMILES string of the molecule is CC1N(C)c2cc([N+](=O)[O-])cc([N+](=O)[O-])c2C1(C)C. The van der Waals surface area contributed by atoms with Crippen molar-refractivity contribution < 1.29 is 9.85 Å². The molecule has 0 N–H and O–H groups in total. The molecule has 7 heteroatoms. The second-order valence-corrected chi connectivity index (χ2v) is 5.38. The Kier molecular flexibility index (Phi) is 2.73. The van der Waals surface area contributed by atoms with Crippen LogP contribution in [-0.4, -0.2) is 22.9 Å². The van der Waals surface area contributed by atoms with E-state index in [0.29, 0.717) is 11.3 Å². The van der Waals surface area contributed by atoms with E-state index in [1.165, 1.54) is 6.07 Å². The summed E-state index contributed by atoms with van der Waals surface area (Å²) in [6.45, 7) is 5.78. The Balaban J connectivity index is 2.81. The van der Waals surface area contributed by atoms with E-state index in [1.54, 1.807) is 7.05 Å². The first-order chi connectivity index (χ1) is 8.67. The Bertz CT molecular complexity index is 583. The third-order valence-electron chi connectivity index (χ3n) is 4.14. The molecular weight excluding hydrogens is 250 g/mol. The second kappa shape index (κ2) is 3.91. The van der Waals surface area contributed by atoms with Crippen molar-refractivity contribution in [2.75, 3.05) is 11.9 Å². The van der Waals surface area contributed by atoms with Crippen LogP contribution in [0.15, 0.2) is 12.1 Å². The molecule has 19 heavy (non-hydrogen) atoms. The second-order valence-electron chi connectivity index (χ2n) is 5.38. The molecule has 102 valence electrons. The maximum atomic E-state index is 11.2. The molecule has 0 radical (unpaired) electrons. The molecule has 1 aromatic rings. The lowest BCUT2D eigenvalue weighted by Gasteiger charge is -2.28. The molecule has 0 aromatic heterocycles. The lowest BCUT2D eigenvalue weighted by atomic mass is 9.80. The number of anilines is 1. The Morgan fingerprint density at radius 2 is 1.79 bits per heavy atom. The molecule has 0 spiro atoms. The summed E-state index contributed by atoms with van der Waals surface area (Å²) in [5.74, 6) is 0. The van der Waals surface area contributed by atoms with Crippen molar-refractivity contribution >= 4 is 17.1 Å². The number of non-ortho nitro benzene ring substituents is 1. The molecule has 1 aliphatic rings. The minimum absolute atomic E-state index is 0.0307. The number of hydrogen-bond donors (Lipinski definition) is 0. The van der Waals surface area contributed by atoms with E-state index >= 15 is 0 Å². The zero-order valence-corrected chi connectivity index (χ0v) is 11.2. The van der Waals surface area contributed by atoms with Gasteiger partial charge in [-0.3, -0.25) is 20.2 Å². The van der Waals surface area contributed by atoms with Crippen LogP contribution in [-0.2, 0) is 5.41 Å². The van der Waals surface area contributed by atoms with Gasteiger partial charge in [0.05, 0.1) is 27.2 Å². The molecule has 0 saturated carbocycles. The highest BCUT2D eigenvalue weighted by Gasteiger charge is 2.46. The summed E-state index contributed by atoms with van der Waals surface area (Å²) in [5, 5.41) is 22.1. The smallest absolute Gasteiger partial charge is 0.282 e. The number of hydrogen-bond acceptors (Lipinski definition) is 5. The summed E-state index contributed by atoms with van der Waals surface area (Å²) >= 11 is 0. The van der Waals surface area contributed by atoms with Crippen LogP contribution in [0.3, 0.4) is 0 Å². The number of nitro groups is 2. The summed E-state index contributed by atoms with van der Waals surface area (Å²) in [6.07, 6.45) is 0. The first kappa shape index (κ1) is 13.3. The minimum atomic E-state index is -0.600. The molecule has 0 aliphatic carbocycles. The van der Waals surface area contributed by atoms with Gasteiger partial charge in [-0.05, 0) is 6.92 Å². The van der Waals surface area contributed by atoms with E-state index in [2.05, 4.69) is 0 Å². The van der Waals surface area contributed by atoms with Gasteiger partial charge in [0.1, 0.15) is 0 Å². The number of rotatable bonds is 2. The van der Waals surface area contributed by atoms with Crippen LogP contribution in [0.2, 0.25) is 0 Å². The third-order valence-corrected chi connectivity index (χ3v) is 4.14. The fourth-order valence-electron chi connectivity index (χ4n) is 2.69. The average Bonchev–Trinajstić information content (AvgIpc) is 2.50. The first-order valence-electron chi connectivity index (χ1n) is 5.88. The predicted octanol–water partition coefficient (Wildman–Crippen LogP) is 2.62. The van der Waals surface area contributed by atoms with Crippen LogP contribution >= 0.6 is 0 Å². The van der Waals surface area contributed by atoms with E-state index in [-0.39, 0.29) is 17.4 Å². The van der Waals surface area contributed by atoms with Crippen LogP contribution < -0.4 is 4.90 Å². The lowest BCUT2D eigenvalue weighted by molar-refractivity contribution is -0.394. The summed E-state index contributed by atoms with van der Waals surface area (Å²) < 4.78 is 0. The van der Waals surface area contributed by atoms with Crippen molar-refractivity contribution in [2.24, 2.45) is 0 Å². The van der Waals surface area contributed by atoms with Crippen molar-refractivity contribution in [1.82, 2.24) is 0 Å². The molecule has 0 fully saturated rings. The van der Waals surface area contributed by atoms with Crippen LogP contribution in [0.4, 0.5) is 17.1 Å². The van der Waals surface area contributed by atoms with Gasteiger partial charge in [0.25, 0.3) is 11.4 Å². The number of nitrogens with zero attached hydrogens (tertiary/aromatic N) is 3. The molecule has 1 aliphatic heterocycles. The van der Waals surface area contributed by atoms with Gasteiger partial charge in [0.2, 0.25) is 0 Å². The Morgan fingerprint density at radius 1 is 1.21 bits per heavy atom. The summed E-state index contributed by atoms with van der Waals surface area (Å²) in [5.41, 5.74) is 0.283. The van der Waals surface area contributed by atoms with Gasteiger partial charge < -0.3 is 4.90 Å². The first-order valence-corrected chi connectivity index (χ1v) is 5.88. The topological polar surface area (TPSA) is 89.5 Å². The number of fused-ring (bicyclic) bond motifs is 1. The fourth-order valence-corrected chi connectivity index (χ4v) is 2.69. The van der Waals surface area contributed by atoms with Crippen molar-refractivity contribution in [3.05, 3.63) is 37.9 Å². The molecule has 0 saturated heterocycles. The largest absolute Gasteiger partial charge is 0.370 e. The van der Waals surface area contributed by atoms with Crippen molar-refractivity contribution in [1.29, 1.82) is 0 Å². The summed E-state index contributed by atoms with van der Waals surface area (Å²) in [7, 11) is 1.80. The average molecular weight is 265 g/mol. The lowest BCUT2D eigenvalue weighted by Crippen LogP contribution is -2.36. The van der Waals surface area contributed by atoms with Crippen LogP contribution in [0.5, 0.6) is 0 Å².